The van der Waals surface area contributed by atoms with Crippen LogP contribution in [-0.4, -0.2) is 52.9 Å². The lowest BCUT2D eigenvalue weighted by atomic mass is 10.1. The molecule has 0 spiro atoms. The number of carbonyl (C=O) groups is 2. The minimum Gasteiger partial charge on any atom is -0.493 e. The van der Waals surface area contributed by atoms with Crippen LogP contribution in [0.1, 0.15) is 10.4 Å². The maximum atomic E-state index is 12.6. The number of esters is 1. The third-order valence-electron chi connectivity index (χ3n) is 4.00. The number of hydrogen-bond acceptors (Lipinski definition) is 8. The minimum absolute atomic E-state index is 0.262. The summed E-state index contributed by atoms with van der Waals surface area (Å²) < 4.78 is 16.7. The number of aryl methyl sites for hydroxylation is 1. The van der Waals surface area contributed by atoms with Gasteiger partial charge in [-0.1, -0.05) is 12.1 Å². The Morgan fingerprint density at radius 3 is 2.62 bits per heavy atom. The summed E-state index contributed by atoms with van der Waals surface area (Å²) in [5.74, 6) is 0.365. The number of nitrogens with one attached hydrogen (secondary N) is 1. The van der Waals surface area contributed by atoms with Gasteiger partial charge in [0.15, 0.2) is 23.9 Å². The summed E-state index contributed by atoms with van der Waals surface area (Å²) in [6.07, 6.45) is 0. The summed E-state index contributed by atoms with van der Waals surface area (Å²) in [5.41, 5.74) is 1.71. The number of methoxy groups -OCH3 is 2. The maximum absolute atomic E-state index is 12.6. The maximum Gasteiger partial charge on any atom is 0.343 e. The average Bonchev–Trinajstić information content (AvgIpc) is 3.17. The van der Waals surface area contributed by atoms with E-state index in [1.165, 1.54) is 20.3 Å². The lowest BCUT2D eigenvalue weighted by Gasteiger charge is -2.12. The van der Waals surface area contributed by atoms with E-state index in [1.54, 1.807) is 42.1 Å². The number of rotatable bonds is 7. The standard InChI is InChI=1S/C19H19N5O5/c1-24-18(21-22-23-24)12-5-4-6-14(9-12)20-19(26)13-7-8-15(16(10-13)27-2)29-11-17(25)28-3/h4-10H,11H2,1-3H3,(H,20,26). The van der Waals surface area contributed by atoms with Gasteiger partial charge in [0.2, 0.25) is 0 Å². The summed E-state index contributed by atoms with van der Waals surface area (Å²) in [7, 11) is 4.45. The van der Waals surface area contributed by atoms with Crippen LogP contribution < -0.4 is 14.8 Å². The molecule has 0 aliphatic carbocycles. The first kappa shape index (κ1) is 19.8. The van der Waals surface area contributed by atoms with Gasteiger partial charge in [-0.2, -0.15) is 0 Å². The van der Waals surface area contributed by atoms with Crippen LogP contribution in [0.2, 0.25) is 0 Å². The van der Waals surface area contributed by atoms with Gasteiger partial charge < -0.3 is 19.5 Å². The van der Waals surface area contributed by atoms with Crippen molar-refractivity contribution in [3.05, 3.63) is 48.0 Å². The quantitative estimate of drug-likeness (QED) is 0.599. The highest BCUT2D eigenvalue weighted by Gasteiger charge is 2.14. The molecule has 0 saturated carbocycles. The number of aromatic nitrogens is 4. The Hall–Kier alpha value is -3.95. The highest BCUT2D eigenvalue weighted by Crippen LogP contribution is 2.28. The summed E-state index contributed by atoms with van der Waals surface area (Å²) in [6.45, 7) is -0.262. The van der Waals surface area contributed by atoms with E-state index in [1.807, 2.05) is 6.07 Å². The molecule has 0 atom stereocenters. The molecule has 0 bridgehead atoms. The Kier molecular flexibility index (Phi) is 6.03. The molecule has 3 rings (SSSR count). The monoisotopic (exact) mass is 397 g/mol. The Bertz CT molecular complexity index is 1030. The fraction of sp³-hybridized carbons (Fsp3) is 0.211. The molecular weight excluding hydrogens is 378 g/mol. The van der Waals surface area contributed by atoms with Crippen molar-refractivity contribution in [2.75, 3.05) is 26.1 Å². The van der Waals surface area contributed by atoms with Crippen molar-refractivity contribution in [2.24, 2.45) is 7.05 Å². The largest absolute Gasteiger partial charge is 0.493 e. The molecule has 150 valence electrons. The van der Waals surface area contributed by atoms with Gasteiger partial charge in [0.1, 0.15) is 0 Å². The van der Waals surface area contributed by atoms with E-state index in [4.69, 9.17) is 9.47 Å². The lowest BCUT2D eigenvalue weighted by molar-refractivity contribution is -0.142. The number of carbonyl (C=O) groups excluding carboxylic acids is 2. The number of hydrogen-bond donors (Lipinski definition) is 1. The van der Waals surface area contributed by atoms with Crippen LogP contribution in [0.4, 0.5) is 5.69 Å². The van der Waals surface area contributed by atoms with Crippen LogP contribution in [-0.2, 0) is 16.6 Å². The second-order valence-corrected chi connectivity index (χ2v) is 5.89. The van der Waals surface area contributed by atoms with E-state index in [9.17, 15) is 9.59 Å². The van der Waals surface area contributed by atoms with Gasteiger partial charge in [0.05, 0.1) is 14.2 Å². The van der Waals surface area contributed by atoms with Gasteiger partial charge in [-0.25, -0.2) is 9.48 Å². The fourth-order valence-electron chi connectivity index (χ4n) is 2.54. The van der Waals surface area contributed by atoms with Gasteiger partial charge in [0.25, 0.3) is 5.91 Å². The average molecular weight is 397 g/mol. The van der Waals surface area contributed by atoms with Crippen LogP contribution in [0.25, 0.3) is 11.4 Å². The molecule has 0 saturated heterocycles. The molecule has 2 aromatic carbocycles. The predicted molar refractivity (Wildman–Crippen MR) is 103 cm³/mol. The first-order chi connectivity index (χ1) is 14.0. The van der Waals surface area contributed by atoms with E-state index >= 15 is 0 Å². The zero-order valence-electron chi connectivity index (χ0n) is 16.1. The van der Waals surface area contributed by atoms with Gasteiger partial charge in [-0.15, -0.1) is 5.10 Å². The number of benzene rings is 2. The second-order valence-electron chi connectivity index (χ2n) is 5.89. The smallest absolute Gasteiger partial charge is 0.343 e. The van der Waals surface area contributed by atoms with Crippen molar-refractivity contribution < 1.29 is 23.8 Å². The van der Waals surface area contributed by atoms with Crippen molar-refractivity contribution >= 4 is 17.6 Å². The van der Waals surface area contributed by atoms with Crippen LogP contribution in [0.15, 0.2) is 42.5 Å². The van der Waals surface area contributed by atoms with Gasteiger partial charge in [-0.05, 0) is 40.8 Å². The molecule has 0 radical (unpaired) electrons. The lowest BCUT2D eigenvalue weighted by Crippen LogP contribution is -2.14. The third kappa shape index (κ3) is 4.67. The summed E-state index contributed by atoms with van der Waals surface area (Å²) >= 11 is 0. The van der Waals surface area contributed by atoms with Crippen molar-refractivity contribution in [1.82, 2.24) is 20.2 Å². The molecule has 10 nitrogen and oxygen atoms in total. The Morgan fingerprint density at radius 1 is 1.10 bits per heavy atom. The summed E-state index contributed by atoms with van der Waals surface area (Å²) in [4.78, 5) is 23.9. The van der Waals surface area contributed by atoms with Crippen LogP contribution in [0.3, 0.4) is 0 Å². The number of ether oxygens (including phenoxy) is 3. The molecule has 1 aromatic heterocycles. The van der Waals surface area contributed by atoms with Gasteiger partial charge >= 0.3 is 5.97 Å². The fourth-order valence-corrected chi connectivity index (χ4v) is 2.54. The zero-order chi connectivity index (χ0) is 20.8. The van der Waals surface area contributed by atoms with E-state index in [2.05, 4.69) is 25.6 Å². The van der Waals surface area contributed by atoms with E-state index < -0.39 is 5.97 Å². The molecule has 0 unspecified atom stereocenters. The summed E-state index contributed by atoms with van der Waals surface area (Å²) in [6, 6.07) is 11.8. The van der Waals surface area contributed by atoms with Crippen molar-refractivity contribution in [1.29, 1.82) is 0 Å². The number of nitrogens with zero attached hydrogens (tertiary/aromatic N) is 4. The molecule has 1 heterocycles. The molecule has 29 heavy (non-hydrogen) atoms. The summed E-state index contributed by atoms with van der Waals surface area (Å²) in [5, 5.41) is 14.2. The second kappa shape index (κ2) is 8.83. The van der Waals surface area contributed by atoms with Crippen LogP contribution >= 0.6 is 0 Å². The van der Waals surface area contributed by atoms with Crippen LogP contribution in [0.5, 0.6) is 11.5 Å². The van der Waals surface area contributed by atoms with E-state index in [-0.39, 0.29) is 12.5 Å². The van der Waals surface area contributed by atoms with Gasteiger partial charge in [0, 0.05) is 23.9 Å². The van der Waals surface area contributed by atoms with Gasteiger partial charge in [-0.3, -0.25) is 4.79 Å². The number of tetrazole rings is 1. The molecule has 3 aromatic rings. The number of anilines is 1. The Morgan fingerprint density at radius 2 is 1.93 bits per heavy atom. The molecule has 1 amide bonds. The van der Waals surface area contributed by atoms with Crippen LogP contribution in [0, 0.1) is 0 Å². The topological polar surface area (TPSA) is 117 Å². The van der Waals surface area contributed by atoms with E-state index in [0.29, 0.717) is 28.6 Å². The third-order valence-corrected chi connectivity index (χ3v) is 4.00. The molecule has 1 N–H and O–H groups in total. The molecule has 0 aliphatic heterocycles. The predicted octanol–water partition coefficient (Wildman–Crippen LogP) is 1.69. The normalized spacial score (nSPS) is 10.3. The zero-order valence-corrected chi connectivity index (χ0v) is 16.1. The SMILES string of the molecule is COC(=O)COc1ccc(C(=O)Nc2cccc(-c3nnnn3C)c2)cc1OC. The Labute approximate surface area is 166 Å². The van der Waals surface area contributed by atoms with Crippen molar-refractivity contribution in [3.8, 4) is 22.9 Å². The van der Waals surface area contributed by atoms with E-state index in [0.717, 1.165) is 5.56 Å². The van der Waals surface area contributed by atoms with Crippen molar-refractivity contribution in [2.45, 2.75) is 0 Å². The molecular formula is C19H19N5O5. The highest BCUT2D eigenvalue weighted by atomic mass is 16.6. The first-order valence-electron chi connectivity index (χ1n) is 8.53. The highest BCUT2D eigenvalue weighted by molar-refractivity contribution is 6.04. The molecule has 10 heteroatoms. The first-order valence-corrected chi connectivity index (χ1v) is 8.53. The van der Waals surface area contributed by atoms with Crippen molar-refractivity contribution in [3.63, 3.8) is 0 Å². The number of amides is 1. The Balaban J connectivity index is 1.75. The minimum atomic E-state index is -0.521. The molecule has 0 fully saturated rings. The molecule has 0 aliphatic rings.